The Balaban J connectivity index is 1.55. The van der Waals surface area contributed by atoms with Crippen LogP contribution in [0.25, 0.3) is 0 Å². The smallest absolute Gasteiger partial charge is 0.295 e. The Labute approximate surface area is 90.9 Å². The zero-order valence-electron chi connectivity index (χ0n) is 8.06. The summed E-state index contributed by atoms with van der Waals surface area (Å²) in [6.07, 6.45) is 2.93. The molecule has 1 aromatic heterocycles. The lowest BCUT2D eigenvalue weighted by Crippen LogP contribution is -2.63. The van der Waals surface area contributed by atoms with Gasteiger partial charge in [0.05, 0.1) is 18.1 Å². The van der Waals surface area contributed by atoms with Crippen molar-refractivity contribution >= 4 is 16.5 Å². The number of nitriles is 1. The maximum atomic E-state index is 8.86. The van der Waals surface area contributed by atoms with Gasteiger partial charge in [0.2, 0.25) is 5.13 Å². The van der Waals surface area contributed by atoms with E-state index in [0.29, 0.717) is 16.9 Å². The molecular weight excluding hydrogens is 212 g/mol. The summed E-state index contributed by atoms with van der Waals surface area (Å²) in [5, 5.41) is 17.3. The lowest BCUT2D eigenvalue weighted by molar-refractivity contribution is -0.181. The Hall–Kier alpha value is -1.35. The quantitative estimate of drug-likeness (QED) is 0.830. The third-order valence-corrected chi connectivity index (χ3v) is 3.97. The first-order valence-electron chi connectivity index (χ1n) is 4.79. The summed E-state index contributed by atoms with van der Waals surface area (Å²) in [6, 6.07) is 2.37. The van der Waals surface area contributed by atoms with E-state index < -0.39 is 0 Å². The van der Waals surface area contributed by atoms with E-state index in [4.69, 9.17) is 15.7 Å². The Morgan fingerprint density at radius 3 is 2.73 bits per heavy atom. The van der Waals surface area contributed by atoms with Gasteiger partial charge in [-0.1, -0.05) is 5.10 Å². The van der Waals surface area contributed by atoms with Crippen molar-refractivity contribution in [3.8, 4) is 11.3 Å². The lowest BCUT2D eigenvalue weighted by Gasteiger charge is -2.66. The molecular formula is C9H10N4OS. The molecule has 5 nitrogen and oxygen atoms in total. The number of anilines is 1. The van der Waals surface area contributed by atoms with Crippen LogP contribution in [0.4, 0.5) is 5.13 Å². The van der Waals surface area contributed by atoms with Crippen molar-refractivity contribution in [3.05, 3.63) is 0 Å². The van der Waals surface area contributed by atoms with E-state index in [0.717, 1.165) is 19.3 Å². The minimum Gasteiger partial charge on any atom is -0.468 e. The molecule has 3 saturated carbocycles. The molecule has 1 aromatic rings. The molecule has 3 aliphatic rings. The first kappa shape index (κ1) is 8.92. The normalized spacial score (nSPS) is 36.2. The fourth-order valence-corrected chi connectivity index (χ4v) is 3.22. The van der Waals surface area contributed by atoms with Crippen LogP contribution in [0.1, 0.15) is 19.3 Å². The molecule has 0 amide bonds. The summed E-state index contributed by atoms with van der Waals surface area (Å²) in [5.41, 5.74) is 5.67. The summed E-state index contributed by atoms with van der Waals surface area (Å²) in [5.74, 6) is 0. The van der Waals surface area contributed by atoms with Gasteiger partial charge in [-0.05, 0) is 30.6 Å². The van der Waals surface area contributed by atoms with Crippen molar-refractivity contribution in [1.82, 2.24) is 10.2 Å². The van der Waals surface area contributed by atoms with Crippen molar-refractivity contribution in [1.29, 1.82) is 5.26 Å². The second kappa shape index (κ2) is 2.61. The number of nitrogens with two attached hydrogens (primary N) is 1. The Morgan fingerprint density at radius 1 is 1.47 bits per heavy atom. The highest BCUT2D eigenvalue weighted by molar-refractivity contribution is 7.16. The van der Waals surface area contributed by atoms with Gasteiger partial charge in [0.1, 0.15) is 0 Å². The van der Waals surface area contributed by atoms with Gasteiger partial charge in [-0.15, -0.1) is 5.10 Å². The topological polar surface area (TPSA) is 84.8 Å². The van der Waals surface area contributed by atoms with Crippen LogP contribution in [0.2, 0.25) is 0 Å². The molecule has 0 unspecified atom stereocenters. The fourth-order valence-electron chi connectivity index (χ4n) is 2.76. The molecule has 0 aliphatic heterocycles. The Morgan fingerprint density at radius 2 is 2.20 bits per heavy atom. The van der Waals surface area contributed by atoms with Crippen LogP contribution in [-0.4, -0.2) is 16.8 Å². The lowest BCUT2D eigenvalue weighted by atomic mass is 9.36. The van der Waals surface area contributed by atoms with E-state index in [1.807, 2.05) is 0 Å². The van der Waals surface area contributed by atoms with Gasteiger partial charge in [-0.25, -0.2) is 0 Å². The number of hydrogen-bond acceptors (Lipinski definition) is 6. The van der Waals surface area contributed by atoms with Crippen LogP contribution in [0.3, 0.4) is 0 Å². The van der Waals surface area contributed by atoms with E-state index in [1.54, 1.807) is 0 Å². The molecule has 2 N–H and O–H groups in total. The number of hydrogen-bond donors (Lipinski definition) is 1. The average Bonchev–Trinajstić information content (AvgIpc) is 2.47. The van der Waals surface area contributed by atoms with Crippen LogP contribution >= 0.6 is 11.3 Å². The van der Waals surface area contributed by atoms with Gasteiger partial charge >= 0.3 is 0 Å². The highest BCUT2D eigenvalue weighted by Crippen LogP contribution is 2.72. The summed E-state index contributed by atoms with van der Waals surface area (Å²) in [6.45, 7) is 0.644. The Kier molecular flexibility index (Phi) is 1.55. The second-order valence-electron chi connectivity index (χ2n) is 4.62. The minimum atomic E-state index is -0.0104. The first-order chi connectivity index (χ1) is 7.15. The van der Waals surface area contributed by atoms with Gasteiger partial charge in [-0.3, -0.25) is 0 Å². The summed E-state index contributed by atoms with van der Waals surface area (Å²) >= 11 is 1.25. The average molecular weight is 222 g/mol. The van der Waals surface area contributed by atoms with Crippen LogP contribution in [0, 0.1) is 22.2 Å². The van der Waals surface area contributed by atoms with Gasteiger partial charge in [-0.2, -0.15) is 5.26 Å². The van der Waals surface area contributed by atoms with Gasteiger partial charge in [0.25, 0.3) is 5.19 Å². The summed E-state index contributed by atoms with van der Waals surface area (Å²) in [4.78, 5) is 0. The monoisotopic (exact) mass is 222 g/mol. The van der Waals surface area contributed by atoms with E-state index in [-0.39, 0.29) is 10.8 Å². The van der Waals surface area contributed by atoms with Crippen molar-refractivity contribution < 1.29 is 4.74 Å². The van der Waals surface area contributed by atoms with E-state index >= 15 is 0 Å². The van der Waals surface area contributed by atoms with Gasteiger partial charge in [0.15, 0.2) is 0 Å². The van der Waals surface area contributed by atoms with E-state index in [2.05, 4.69) is 16.3 Å². The van der Waals surface area contributed by atoms with Crippen LogP contribution in [0.5, 0.6) is 5.19 Å². The van der Waals surface area contributed by atoms with Crippen molar-refractivity contribution in [3.63, 3.8) is 0 Å². The zero-order valence-corrected chi connectivity index (χ0v) is 8.88. The molecule has 3 aliphatic carbocycles. The zero-order chi connectivity index (χ0) is 10.5. The van der Waals surface area contributed by atoms with Gasteiger partial charge in [0, 0.05) is 5.41 Å². The highest BCUT2D eigenvalue weighted by atomic mass is 32.1. The van der Waals surface area contributed by atoms with Crippen LogP contribution in [0.15, 0.2) is 0 Å². The molecule has 4 rings (SSSR count). The van der Waals surface area contributed by atoms with Crippen LogP contribution in [-0.2, 0) is 0 Å². The van der Waals surface area contributed by atoms with E-state index in [1.165, 1.54) is 11.3 Å². The summed E-state index contributed by atoms with van der Waals surface area (Å²) in [7, 11) is 0. The first-order valence-corrected chi connectivity index (χ1v) is 5.60. The minimum absolute atomic E-state index is 0.0104. The molecule has 3 fully saturated rings. The summed E-state index contributed by atoms with van der Waals surface area (Å²) < 4.78 is 5.52. The molecule has 0 atom stereocenters. The highest BCUT2D eigenvalue weighted by Gasteiger charge is 2.68. The molecule has 2 bridgehead atoms. The van der Waals surface area contributed by atoms with Gasteiger partial charge < -0.3 is 10.5 Å². The van der Waals surface area contributed by atoms with Crippen LogP contribution < -0.4 is 10.5 Å². The number of ether oxygens (including phenoxy) is 1. The molecule has 15 heavy (non-hydrogen) atoms. The third-order valence-electron chi connectivity index (χ3n) is 3.30. The predicted octanol–water partition coefficient (Wildman–Crippen LogP) is 1.19. The molecule has 0 saturated heterocycles. The second-order valence-corrected chi connectivity index (χ2v) is 5.59. The molecule has 78 valence electrons. The molecule has 0 radical (unpaired) electrons. The maximum absolute atomic E-state index is 8.86. The number of nitrogens with zero attached hydrogens (tertiary/aromatic N) is 3. The molecule has 1 heterocycles. The molecule has 0 spiro atoms. The SMILES string of the molecule is N#CC12CC(COc3nnc(N)s3)(C1)C2. The number of aromatic nitrogens is 2. The largest absolute Gasteiger partial charge is 0.468 e. The van der Waals surface area contributed by atoms with Crippen molar-refractivity contribution in [2.24, 2.45) is 10.8 Å². The molecule has 0 aromatic carbocycles. The third kappa shape index (κ3) is 1.20. The van der Waals surface area contributed by atoms with E-state index in [9.17, 15) is 0 Å². The number of nitrogen functional groups attached to an aromatic ring is 1. The molecule has 6 heteroatoms. The van der Waals surface area contributed by atoms with Crippen molar-refractivity contribution in [2.45, 2.75) is 19.3 Å². The predicted molar refractivity (Wildman–Crippen MR) is 54.1 cm³/mol. The maximum Gasteiger partial charge on any atom is 0.295 e. The standard InChI is InChI=1S/C9H10N4OS/c10-4-8-1-9(2-8,3-8)5-14-7-13-12-6(11)15-7/h1-3,5H2,(H2,11,12). The Bertz CT molecular complexity index is 429. The fraction of sp³-hybridized carbons (Fsp3) is 0.667. The van der Waals surface area contributed by atoms with Crippen molar-refractivity contribution in [2.75, 3.05) is 12.3 Å². The number of rotatable bonds is 3.